The van der Waals surface area contributed by atoms with E-state index in [1.54, 1.807) is 0 Å². The minimum atomic E-state index is 0.545. The van der Waals surface area contributed by atoms with E-state index in [0.717, 1.165) is 17.9 Å². The third-order valence-corrected chi connectivity index (χ3v) is 3.81. The van der Waals surface area contributed by atoms with Gasteiger partial charge >= 0.3 is 0 Å². The van der Waals surface area contributed by atoms with Gasteiger partial charge in [0.15, 0.2) is 0 Å². The molecule has 0 atom stereocenters. The molecule has 1 aliphatic carbocycles. The number of ether oxygens (including phenoxy) is 3. The fourth-order valence-corrected chi connectivity index (χ4v) is 2.46. The summed E-state index contributed by atoms with van der Waals surface area (Å²) >= 11 is 0. The Hall–Kier alpha value is -2.52. The molecule has 0 saturated heterocycles. The molecule has 25 heavy (non-hydrogen) atoms. The van der Waals surface area contributed by atoms with Crippen molar-refractivity contribution in [1.82, 2.24) is 0 Å². The van der Waals surface area contributed by atoms with Gasteiger partial charge in [-0.1, -0.05) is 60.7 Å². The number of hydrogen-bond donors (Lipinski definition) is 0. The number of hydrogen-bond acceptors (Lipinski definition) is 3. The Labute approximate surface area is 149 Å². The molecule has 0 heterocycles. The van der Waals surface area contributed by atoms with E-state index in [1.165, 1.54) is 11.1 Å². The quantitative estimate of drug-likeness (QED) is 0.615. The van der Waals surface area contributed by atoms with Crippen LogP contribution in [0.4, 0.5) is 0 Å². The Morgan fingerprint density at radius 2 is 1.36 bits per heavy atom. The molecule has 0 N–H and O–H groups in total. The summed E-state index contributed by atoms with van der Waals surface area (Å²) in [4.78, 5) is 0. The molecule has 0 amide bonds. The van der Waals surface area contributed by atoms with E-state index in [9.17, 15) is 0 Å². The lowest BCUT2D eigenvalue weighted by Crippen LogP contribution is -2.07. The van der Waals surface area contributed by atoms with E-state index in [1.807, 2.05) is 55.0 Å². The van der Waals surface area contributed by atoms with Crippen LogP contribution in [-0.4, -0.2) is 13.2 Å². The summed E-state index contributed by atoms with van der Waals surface area (Å²) < 4.78 is 17.1. The van der Waals surface area contributed by atoms with Crippen LogP contribution in [0.25, 0.3) is 0 Å². The smallest absolute Gasteiger partial charge is 0.113 e. The first-order valence-electron chi connectivity index (χ1n) is 8.55. The Bertz CT molecular complexity index is 690. The van der Waals surface area contributed by atoms with Crippen LogP contribution in [0, 0.1) is 6.42 Å². The molecule has 0 fully saturated rings. The normalized spacial score (nSPS) is 13.8. The van der Waals surface area contributed by atoms with E-state index in [-0.39, 0.29) is 0 Å². The van der Waals surface area contributed by atoms with Crippen molar-refractivity contribution in [1.29, 1.82) is 0 Å². The van der Waals surface area contributed by atoms with Crippen molar-refractivity contribution in [2.75, 3.05) is 13.2 Å². The van der Waals surface area contributed by atoms with E-state index < -0.39 is 0 Å². The van der Waals surface area contributed by atoms with Crippen LogP contribution < -0.4 is 0 Å². The fraction of sp³-hybridized carbons (Fsp3) is 0.227. The van der Waals surface area contributed by atoms with Gasteiger partial charge in [0.05, 0.1) is 19.0 Å². The molecular weight excluding hydrogens is 312 g/mol. The van der Waals surface area contributed by atoms with Crippen LogP contribution >= 0.6 is 0 Å². The van der Waals surface area contributed by atoms with Crippen LogP contribution in [-0.2, 0) is 27.4 Å². The SMILES string of the molecule is [CH]1CC(OCc2ccccc2)=CC=C1OCCOCc1ccccc1. The minimum absolute atomic E-state index is 0.545. The molecular formula is C22H23O3. The number of allylic oxidation sites excluding steroid dienone is 4. The van der Waals surface area contributed by atoms with Gasteiger partial charge in [-0.25, -0.2) is 0 Å². The second-order valence-corrected chi connectivity index (χ2v) is 5.77. The van der Waals surface area contributed by atoms with E-state index >= 15 is 0 Å². The molecule has 0 aliphatic heterocycles. The summed E-state index contributed by atoms with van der Waals surface area (Å²) in [5, 5.41) is 0. The number of benzene rings is 2. The van der Waals surface area contributed by atoms with Crippen LogP contribution in [0.1, 0.15) is 17.5 Å². The molecule has 3 nitrogen and oxygen atoms in total. The van der Waals surface area contributed by atoms with Crippen molar-refractivity contribution in [3.8, 4) is 0 Å². The largest absolute Gasteiger partial charge is 0.495 e. The first kappa shape index (κ1) is 17.3. The van der Waals surface area contributed by atoms with Gasteiger partial charge in [-0.2, -0.15) is 0 Å². The molecule has 1 radical (unpaired) electrons. The lowest BCUT2D eigenvalue weighted by molar-refractivity contribution is 0.0671. The summed E-state index contributed by atoms with van der Waals surface area (Å²) in [5.41, 5.74) is 2.35. The first-order valence-corrected chi connectivity index (χ1v) is 8.55. The molecule has 3 rings (SSSR count). The zero-order valence-corrected chi connectivity index (χ0v) is 14.3. The topological polar surface area (TPSA) is 27.7 Å². The van der Waals surface area contributed by atoms with Gasteiger partial charge in [0.1, 0.15) is 19.0 Å². The van der Waals surface area contributed by atoms with Crippen LogP contribution in [0.15, 0.2) is 84.3 Å². The maximum Gasteiger partial charge on any atom is 0.113 e. The average molecular weight is 335 g/mol. The van der Waals surface area contributed by atoms with E-state index in [0.29, 0.717) is 26.4 Å². The highest BCUT2D eigenvalue weighted by molar-refractivity contribution is 5.25. The predicted molar refractivity (Wildman–Crippen MR) is 98.4 cm³/mol. The average Bonchev–Trinajstić information content (AvgIpc) is 2.69. The summed E-state index contributed by atoms with van der Waals surface area (Å²) in [6.07, 6.45) is 6.71. The third kappa shape index (κ3) is 6.12. The Balaban J connectivity index is 1.32. The van der Waals surface area contributed by atoms with Gasteiger partial charge in [-0.3, -0.25) is 0 Å². The van der Waals surface area contributed by atoms with Crippen LogP contribution in [0.2, 0.25) is 0 Å². The van der Waals surface area contributed by atoms with Crippen molar-refractivity contribution in [3.63, 3.8) is 0 Å². The maximum absolute atomic E-state index is 5.81. The Morgan fingerprint density at radius 3 is 2.00 bits per heavy atom. The lowest BCUT2D eigenvalue weighted by atomic mass is 10.1. The molecule has 0 saturated carbocycles. The molecule has 3 heteroatoms. The van der Waals surface area contributed by atoms with E-state index in [4.69, 9.17) is 14.2 Å². The van der Waals surface area contributed by atoms with Crippen LogP contribution in [0.3, 0.4) is 0 Å². The van der Waals surface area contributed by atoms with Crippen molar-refractivity contribution < 1.29 is 14.2 Å². The molecule has 0 bridgehead atoms. The fourth-order valence-electron chi connectivity index (χ4n) is 2.46. The second-order valence-electron chi connectivity index (χ2n) is 5.77. The highest BCUT2D eigenvalue weighted by atomic mass is 16.5. The monoisotopic (exact) mass is 335 g/mol. The van der Waals surface area contributed by atoms with Crippen molar-refractivity contribution in [2.45, 2.75) is 19.6 Å². The Morgan fingerprint density at radius 1 is 0.680 bits per heavy atom. The minimum Gasteiger partial charge on any atom is -0.495 e. The van der Waals surface area contributed by atoms with Crippen molar-refractivity contribution in [2.24, 2.45) is 0 Å². The van der Waals surface area contributed by atoms with Gasteiger partial charge in [0.25, 0.3) is 0 Å². The van der Waals surface area contributed by atoms with Gasteiger partial charge in [-0.15, -0.1) is 0 Å². The summed E-state index contributed by atoms with van der Waals surface area (Å²) in [7, 11) is 0. The van der Waals surface area contributed by atoms with Gasteiger partial charge in [-0.05, 0) is 23.3 Å². The summed E-state index contributed by atoms with van der Waals surface area (Å²) in [5.74, 6) is 1.83. The van der Waals surface area contributed by atoms with Crippen molar-refractivity contribution in [3.05, 3.63) is 102 Å². The highest BCUT2D eigenvalue weighted by Gasteiger charge is 2.09. The molecule has 0 unspecified atom stereocenters. The molecule has 129 valence electrons. The van der Waals surface area contributed by atoms with Gasteiger partial charge < -0.3 is 14.2 Å². The standard InChI is InChI=1S/C22H23O3/c1-3-7-19(8-4-1)17-23-15-16-24-21-11-13-22(14-12-21)25-18-20-9-5-2-6-10-20/h1-13H,14-18H2. The first-order chi connectivity index (χ1) is 12.4. The number of rotatable bonds is 9. The molecule has 1 aliphatic rings. The lowest BCUT2D eigenvalue weighted by Gasteiger charge is -2.16. The maximum atomic E-state index is 5.81. The summed E-state index contributed by atoms with van der Waals surface area (Å²) in [6.45, 7) is 2.33. The van der Waals surface area contributed by atoms with Gasteiger partial charge in [0.2, 0.25) is 0 Å². The Kier molecular flexibility index (Phi) is 6.71. The molecule has 2 aromatic rings. The predicted octanol–water partition coefficient (Wildman–Crippen LogP) is 4.81. The van der Waals surface area contributed by atoms with Crippen molar-refractivity contribution >= 4 is 0 Å². The second kappa shape index (κ2) is 9.70. The van der Waals surface area contributed by atoms with Crippen LogP contribution in [0.5, 0.6) is 0 Å². The third-order valence-electron chi connectivity index (χ3n) is 3.81. The molecule has 0 aromatic heterocycles. The zero-order chi connectivity index (χ0) is 17.2. The molecule has 2 aromatic carbocycles. The summed E-state index contributed by atoms with van der Waals surface area (Å²) in [6, 6.07) is 20.3. The zero-order valence-electron chi connectivity index (χ0n) is 14.3. The highest BCUT2D eigenvalue weighted by Crippen LogP contribution is 2.20. The van der Waals surface area contributed by atoms with Gasteiger partial charge in [0, 0.05) is 12.8 Å². The van der Waals surface area contributed by atoms with E-state index in [2.05, 4.69) is 24.3 Å². The molecule has 0 spiro atoms.